The van der Waals surface area contributed by atoms with E-state index in [1.807, 2.05) is 4.90 Å². The van der Waals surface area contributed by atoms with E-state index in [-0.39, 0.29) is 5.41 Å². The van der Waals surface area contributed by atoms with Crippen LogP contribution in [0.3, 0.4) is 0 Å². The number of hydrogen-bond donors (Lipinski definition) is 1. The molecule has 1 saturated heterocycles. The van der Waals surface area contributed by atoms with Gasteiger partial charge in [-0.1, -0.05) is 20.8 Å². The molecule has 17 heavy (non-hydrogen) atoms. The Hall–Kier alpha value is -0.570. The van der Waals surface area contributed by atoms with Crippen LogP contribution in [0.15, 0.2) is 0 Å². The average Bonchev–Trinajstić information content (AvgIpc) is 2.75. The largest absolute Gasteiger partial charge is 0.343 e. The number of likely N-dealkylation sites (tertiary alicyclic amines) is 1. The summed E-state index contributed by atoms with van der Waals surface area (Å²) < 4.78 is 0. The Balaban J connectivity index is 2.37. The molecule has 0 aromatic carbocycles. The van der Waals surface area contributed by atoms with Crippen LogP contribution in [0.25, 0.3) is 0 Å². The number of rotatable bonds is 5. The number of amides is 1. The molecule has 1 aliphatic rings. The molecule has 1 fully saturated rings. The Labute approximate surface area is 106 Å². The molecule has 0 spiro atoms. The van der Waals surface area contributed by atoms with Crippen molar-refractivity contribution in [3.05, 3.63) is 0 Å². The van der Waals surface area contributed by atoms with Crippen LogP contribution in [0.4, 0.5) is 0 Å². The molecular formula is C14H28N2O. The molecule has 1 unspecified atom stereocenters. The van der Waals surface area contributed by atoms with Crippen molar-refractivity contribution >= 4 is 5.91 Å². The molecule has 2 N–H and O–H groups in total. The summed E-state index contributed by atoms with van der Waals surface area (Å²) in [5.74, 6) is 0.896. The SMILES string of the molecule is CC(C)(C)C(CCN)CCC(=O)N1CCCC1. The van der Waals surface area contributed by atoms with Crippen LogP contribution in [0.2, 0.25) is 0 Å². The first-order valence-electron chi connectivity index (χ1n) is 6.93. The van der Waals surface area contributed by atoms with Crippen molar-refractivity contribution in [3.63, 3.8) is 0 Å². The van der Waals surface area contributed by atoms with Gasteiger partial charge in [0.05, 0.1) is 0 Å². The molecule has 0 aromatic rings. The Bertz CT molecular complexity index is 239. The Morgan fingerprint density at radius 1 is 1.24 bits per heavy atom. The van der Waals surface area contributed by atoms with Crippen molar-refractivity contribution in [1.82, 2.24) is 4.90 Å². The van der Waals surface area contributed by atoms with Crippen molar-refractivity contribution in [2.45, 2.75) is 52.9 Å². The predicted octanol–water partition coefficient (Wildman–Crippen LogP) is 2.40. The number of nitrogens with two attached hydrogens (primary N) is 1. The third kappa shape index (κ3) is 4.66. The van der Waals surface area contributed by atoms with E-state index in [0.717, 1.165) is 32.5 Å². The zero-order chi connectivity index (χ0) is 12.9. The van der Waals surface area contributed by atoms with Gasteiger partial charge in [-0.3, -0.25) is 4.79 Å². The molecule has 0 aromatic heterocycles. The number of hydrogen-bond acceptors (Lipinski definition) is 2. The first kappa shape index (κ1) is 14.5. The Morgan fingerprint density at radius 3 is 2.29 bits per heavy atom. The third-order valence-corrected chi connectivity index (χ3v) is 3.91. The van der Waals surface area contributed by atoms with E-state index in [0.29, 0.717) is 18.2 Å². The highest BCUT2D eigenvalue weighted by atomic mass is 16.2. The van der Waals surface area contributed by atoms with Gasteiger partial charge in [0.15, 0.2) is 0 Å². The summed E-state index contributed by atoms with van der Waals surface area (Å²) in [5, 5.41) is 0. The van der Waals surface area contributed by atoms with Crippen molar-refractivity contribution in [2.24, 2.45) is 17.1 Å². The fourth-order valence-corrected chi connectivity index (χ4v) is 2.63. The van der Waals surface area contributed by atoms with E-state index in [9.17, 15) is 4.79 Å². The maximum atomic E-state index is 12.0. The monoisotopic (exact) mass is 240 g/mol. The summed E-state index contributed by atoms with van der Waals surface area (Å²) in [7, 11) is 0. The van der Waals surface area contributed by atoms with Gasteiger partial charge in [-0.25, -0.2) is 0 Å². The van der Waals surface area contributed by atoms with Crippen LogP contribution < -0.4 is 5.73 Å². The van der Waals surface area contributed by atoms with Crippen LogP contribution in [0.5, 0.6) is 0 Å². The molecule has 0 bridgehead atoms. The lowest BCUT2D eigenvalue weighted by Gasteiger charge is -2.31. The number of nitrogens with zero attached hydrogens (tertiary/aromatic N) is 1. The highest BCUT2D eigenvalue weighted by molar-refractivity contribution is 5.76. The zero-order valence-corrected chi connectivity index (χ0v) is 11.7. The van der Waals surface area contributed by atoms with Gasteiger partial charge in [0, 0.05) is 19.5 Å². The Morgan fingerprint density at radius 2 is 1.82 bits per heavy atom. The van der Waals surface area contributed by atoms with Gasteiger partial charge in [0.2, 0.25) is 5.91 Å². The lowest BCUT2D eigenvalue weighted by atomic mass is 9.76. The van der Waals surface area contributed by atoms with Crippen LogP contribution in [-0.2, 0) is 4.79 Å². The predicted molar refractivity (Wildman–Crippen MR) is 71.7 cm³/mol. The summed E-state index contributed by atoms with van der Waals surface area (Å²) in [5.41, 5.74) is 5.91. The normalized spacial score (nSPS) is 18.5. The number of carbonyl (C=O) groups is 1. The minimum Gasteiger partial charge on any atom is -0.343 e. The molecule has 3 nitrogen and oxygen atoms in total. The first-order chi connectivity index (χ1) is 7.95. The molecule has 0 radical (unpaired) electrons. The lowest BCUT2D eigenvalue weighted by Crippen LogP contribution is -2.30. The minimum absolute atomic E-state index is 0.255. The molecule has 0 aliphatic carbocycles. The van der Waals surface area contributed by atoms with E-state index in [1.54, 1.807) is 0 Å². The summed E-state index contributed by atoms with van der Waals surface area (Å²) in [6.07, 6.45) is 5.06. The van der Waals surface area contributed by atoms with Gasteiger partial charge in [-0.15, -0.1) is 0 Å². The van der Waals surface area contributed by atoms with Crippen molar-refractivity contribution in [3.8, 4) is 0 Å². The van der Waals surface area contributed by atoms with E-state index < -0.39 is 0 Å². The van der Waals surface area contributed by atoms with Crippen LogP contribution in [0.1, 0.15) is 52.9 Å². The molecule has 0 saturated carbocycles. The minimum atomic E-state index is 0.255. The van der Waals surface area contributed by atoms with Gasteiger partial charge in [0.1, 0.15) is 0 Å². The highest BCUT2D eigenvalue weighted by Crippen LogP contribution is 2.32. The molecule has 1 rings (SSSR count). The number of carbonyl (C=O) groups excluding carboxylic acids is 1. The van der Waals surface area contributed by atoms with E-state index in [4.69, 9.17) is 5.73 Å². The van der Waals surface area contributed by atoms with Gasteiger partial charge in [-0.2, -0.15) is 0 Å². The topological polar surface area (TPSA) is 46.3 Å². The van der Waals surface area contributed by atoms with E-state index in [2.05, 4.69) is 20.8 Å². The van der Waals surface area contributed by atoms with E-state index in [1.165, 1.54) is 12.8 Å². The first-order valence-corrected chi connectivity index (χ1v) is 6.93. The highest BCUT2D eigenvalue weighted by Gasteiger charge is 2.26. The second-order valence-corrected chi connectivity index (χ2v) is 6.27. The fraction of sp³-hybridized carbons (Fsp3) is 0.929. The second kappa shape index (κ2) is 6.39. The molecule has 100 valence electrons. The molecule has 1 aliphatic heterocycles. The standard InChI is InChI=1S/C14H28N2O/c1-14(2,3)12(8-9-15)6-7-13(17)16-10-4-5-11-16/h12H,4-11,15H2,1-3H3. The fourth-order valence-electron chi connectivity index (χ4n) is 2.63. The van der Waals surface area contributed by atoms with Crippen molar-refractivity contribution in [1.29, 1.82) is 0 Å². The zero-order valence-electron chi connectivity index (χ0n) is 11.7. The molecular weight excluding hydrogens is 212 g/mol. The third-order valence-electron chi connectivity index (χ3n) is 3.91. The van der Waals surface area contributed by atoms with E-state index >= 15 is 0 Å². The smallest absolute Gasteiger partial charge is 0.222 e. The summed E-state index contributed by atoms with van der Waals surface area (Å²) >= 11 is 0. The van der Waals surface area contributed by atoms with Crippen molar-refractivity contribution in [2.75, 3.05) is 19.6 Å². The van der Waals surface area contributed by atoms with Gasteiger partial charge < -0.3 is 10.6 Å². The molecule has 1 amide bonds. The molecule has 1 atom stereocenters. The van der Waals surface area contributed by atoms with Crippen LogP contribution in [0, 0.1) is 11.3 Å². The maximum Gasteiger partial charge on any atom is 0.222 e. The van der Waals surface area contributed by atoms with Crippen LogP contribution >= 0.6 is 0 Å². The summed E-state index contributed by atoms with van der Waals surface area (Å²) in [6.45, 7) is 9.39. The Kier molecular flexibility index (Phi) is 5.44. The average molecular weight is 240 g/mol. The maximum absolute atomic E-state index is 12.0. The van der Waals surface area contributed by atoms with Gasteiger partial charge in [-0.05, 0) is 43.6 Å². The summed E-state index contributed by atoms with van der Waals surface area (Å²) in [6, 6.07) is 0. The van der Waals surface area contributed by atoms with Gasteiger partial charge in [0.25, 0.3) is 0 Å². The summed E-state index contributed by atoms with van der Waals surface area (Å²) in [4.78, 5) is 14.0. The molecule has 1 heterocycles. The molecule has 3 heteroatoms. The lowest BCUT2D eigenvalue weighted by molar-refractivity contribution is -0.130. The quantitative estimate of drug-likeness (QED) is 0.802. The second-order valence-electron chi connectivity index (χ2n) is 6.27. The van der Waals surface area contributed by atoms with Crippen molar-refractivity contribution < 1.29 is 4.79 Å². The van der Waals surface area contributed by atoms with Gasteiger partial charge >= 0.3 is 0 Å². The van der Waals surface area contributed by atoms with Crippen LogP contribution in [-0.4, -0.2) is 30.4 Å².